The Bertz CT molecular complexity index is 1050. The van der Waals surface area contributed by atoms with Gasteiger partial charge in [-0.2, -0.15) is 0 Å². The molecule has 1 amide bonds. The zero-order chi connectivity index (χ0) is 27.5. The van der Waals surface area contributed by atoms with Gasteiger partial charge in [0.15, 0.2) is 23.7 Å². The van der Waals surface area contributed by atoms with E-state index in [2.05, 4.69) is 5.32 Å². The van der Waals surface area contributed by atoms with Crippen molar-refractivity contribution < 1.29 is 52.3 Å². The second-order valence-corrected chi connectivity index (χ2v) is 9.77. The fourth-order valence-corrected chi connectivity index (χ4v) is 4.50. The Kier molecular flexibility index (Phi) is 8.39. The summed E-state index contributed by atoms with van der Waals surface area (Å²) < 4.78 is 38.6. The highest BCUT2D eigenvalue weighted by Gasteiger charge is 2.52. The smallest absolute Gasteiger partial charge is 0.408 e. The summed E-state index contributed by atoms with van der Waals surface area (Å²) in [6.45, 7) is 8.69. The molecular formula is C25H33NO11. The SMILES string of the molecule is COc1cc([C@H]2C[C@H](OC(C)=O)[C@@H](OC(C)=O)[C@@H](OC(C)=O)[C@@H]2NC(=O)OC(C)(C)C)cc2c1OCO2. The Hall–Kier alpha value is -3.70. The van der Waals surface area contributed by atoms with Crippen molar-refractivity contribution in [2.24, 2.45) is 0 Å². The molecule has 2 aliphatic rings. The summed E-state index contributed by atoms with van der Waals surface area (Å²) in [4.78, 5) is 49.0. The zero-order valence-electron chi connectivity index (χ0n) is 21.9. The number of amides is 1. The molecular weight excluding hydrogens is 490 g/mol. The van der Waals surface area contributed by atoms with Gasteiger partial charge in [0.1, 0.15) is 11.7 Å². The monoisotopic (exact) mass is 523 g/mol. The molecule has 204 valence electrons. The number of rotatable bonds is 6. The van der Waals surface area contributed by atoms with Crippen LogP contribution >= 0.6 is 0 Å². The zero-order valence-corrected chi connectivity index (χ0v) is 21.9. The van der Waals surface area contributed by atoms with Crippen molar-refractivity contribution in [3.05, 3.63) is 17.7 Å². The number of carbonyl (C=O) groups is 4. The van der Waals surface area contributed by atoms with Crippen LogP contribution < -0.4 is 19.5 Å². The molecule has 1 aliphatic heterocycles. The Morgan fingerprint density at radius 2 is 1.54 bits per heavy atom. The molecule has 1 aromatic carbocycles. The normalized spacial score (nSPS) is 24.5. The second-order valence-electron chi connectivity index (χ2n) is 9.77. The number of esters is 3. The minimum Gasteiger partial charge on any atom is -0.493 e. The predicted molar refractivity (Wildman–Crippen MR) is 126 cm³/mol. The molecule has 0 radical (unpaired) electrons. The molecule has 1 fully saturated rings. The molecule has 0 unspecified atom stereocenters. The van der Waals surface area contributed by atoms with Gasteiger partial charge in [0.05, 0.1) is 13.2 Å². The molecule has 37 heavy (non-hydrogen) atoms. The highest BCUT2D eigenvalue weighted by molar-refractivity contribution is 5.70. The van der Waals surface area contributed by atoms with Crippen molar-refractivity contribution in [2.45, 2.75) is 83.8 Å². The van der Waals surface area contributed by atoms with Crippen molar-refractivity contribution in [1.29, 1.82) is 0 Å². The molecule has 1 saturated carbocycles. The maximum absolute atomic E-state index is 12.9. The molecule has 12 heteroatoms. The van der Waals surface area contributed by atoms with E-state index in [9.17, 15) is 19.2 Å². The maximum atomic E-state index is 12.9. The van der Waals surface area contributed by atoms with Gasteiger partial charge in [0, 0.05) is 26.7 Å². The van der Waals surface area contributed by atoms with Crippen molar-refractivity contribution in [1.82, 2.24) is 5.32 Å². The molecule has 0 bridgehead atoms. The van der Waals surface area contributed by atoms with Crippen molar-refractivity contribution >= 4 is 24.0 Å². The van der Waals surface area contributed by atoms with Gasteiger partial charge in [0.25, 0.3) is 0 Å². The summed E-state index contributed by atoms with van der Waals surface area (Å²) in [5.74, 6) is -1.40. The van der Waals surface area contributed by atoms with Crippen LogP contribution in [0, 0.1) is 0 Å². The number of benzene rings is 1. The first-order chi connectivity index (χ1) is 17.3. The van der Waals surface area contributed by atoms with Crippen LogP contribution in [-0.2, 0) is 33.3 Å². The van der Waals surface area contributed by atoms with Crippen LogP contribution in [0.25, 0.3) is 0 Å². The lowest BCUT2D eigenvalue weighted by molar-refractivity contribution is -0.194. The second kappa shape index (κ2) is 11.1. The molecule has 1 N–H and O–H groups in total. The molecule has 1 aliphatic carbocycles. The highest BCUT2D eigenvalue weighted by atomic mass is 16.7. The van der Waals surface area contributed by atoms with Crippen molar-refractivity contribution in [3.63, 3.8) is 0 Å². The van der Waals surface area contributed by atoms with E-state index in [-0.39, 0.29) is 13.2 Å². The number of nitrogens with one attached hydrogen (secondary N) is 1. The van der Waals surface area contributed by atoms with Crippen LogP contribution in [-0.4, -0.2) is 67.9 Å². The third kappa shape index (κ3) is 6.95. The molecule has 0 saturated heterocycles. The van der Waals surface area contributed by atoms with Crippen LogP contribution in [0.5, 0.6) is 17.2 Å². The topological polar surface area (TPSA) is 145 Å². The first kappa shape index (κ1) is 27.9. The standard InChI is InChI=1S/C25H33NO11/c1-12(27)34-19-10-16(15-8-17(31-7)21-18(9-15)32-11-33-21)20(26-24(30)37-25(4,5)6)23(36-14(3)29)22(19)35-13(2)28/h8-9,16,19-20,22-23H,10-11H2,1-7H3,(H,26,30)/t16-,19+,20-,22-,23+/m1/s1. The molecule has 1 aromatic rings. The Morgan fingerprint density at radius 3 is 2.11 bits per heavy atom. The van der Waals surface area contributed by atoms with Crippen LogP contribution in [0.1, 0.15) is 59.4 Å². The Labute approximate surface area is 214 Å². The van der Waals surface area contributed by atoms with Gasteiger partial charge in [-0.25, -0.2) is 4.79 Å². The lowest BCUT2D eigenvalue weighted by atomic mass is 9.75. The van der Waals surface area contributed by atoms with Crippen molar-refractivity contribution in [3.8, 4) is 17.2 Å². The van der Waals surface area contributed by atoms with Gasteiger partial charge in [-0.05, 0) is 44.9 Å². The van der Waals surface area contributed by atoms with E-state index < -0.39 is 59.9 Å². The lowest BCUT2D eigenvalue weighted by Crippen LogP contribution is -2.62. The number of ether oxygens (including phenoxy) is 7. The summed E-state index contributed by atoms with van der Waals surface area (Å²) in [5.41, 5.74) is -0.208. The van der Waals surface area contributed by atoms with E-state index in [0.29, 0.717) is 22.8 Å². The van der Waals surface area contributed by atoms with Gasteiger partial charge in [0.2, 0.25) is 12.5 Å². The molecule has 0 spiro atoms. The number of methoxy groups -OCH3 is 1. The minimum atomic E-state index is -1.23. The van der Waals surface area contributed by atoms with Crippen LogP contribution in [0.4, 0.5) is 4.79 Å². The summed E-state index contributed by atoms with van der Waals surface area (Å²) >= 11 is 0. The summed E-state index contributed by atoms with van der Waals surface area (Å²) in [6.07, 6.45) is -4.10. The average Bonchev–Trinajstić information content (AvgIpc) is 3.23. The predicted octanol–water partition coefficient (Wildman–Crippen LogP) is 2.60. The Morgan fingerprint density at radius 1 is 0.919 bits per heavy atom. The number of hydrogen-bond donors (Lipinski definition) is 1. The molecule has 0 aromatic heterocycles. The summed E-state index contributed by atoms with van der Waals surface area (Å²) in [5, 5.41) is 2.78. The van der Waals surface area contributed by atoms with E-state index >= 15 is 0 Å². The van der Waals surface area contributed by atoms with Crippen LogP contribution in [0.2, 0.25) is 0 Å². The first-order valence-corrected chi connectivity index (χ1v) is 11.8. The number of hydrogen-bond acceptors (Lipinski definition) is 11. The third-order valence-corrected chi connectivity index (χ3v) is 5.68. The first-order valence-electron chi connectivity index (χ1n) is 11.8. The molecule has 3 rings (SSSR count). The quantitative estimate of drug-likeness (QED) is 0.434. The van der Waals surface area contributed by atoms with E-state index in [1.165, 1.54) is 27.9 Å². The van der Waals surface area contributed by atoms with Gasteiger partial charge in [-0.3, -0.25) is 14.4 Å². The van der Waals surface area contributed by atoms with E-state index in [0.717, 1.165) is 0 Å². The van der Waals surface area contributed by atoms with E-state index in [1.807, 2.05) is 0 Å². The third-order valence-electron chi connectivity index (χ3n) is 5.68. The van der Waals surface area contributed by atoms with Gasteiger partial charge >= 0.3 is 24.0 Å². The van der Waals surface area contributed by atoms with Gasteiger partial charge in [-0.1, -0.05) is 0 Å². The highest BCUT2D eigenvalue weighted by Crippen LogP contribution is 2.46. The van der Waals surface area contributed by atoms with Gasteiger partial charge in [-0.15, -0.1) is 0 Å². The average molecular weight is 524 g/mol. The van der Waals surface area contributed by atoms with Crippen LogP contribution in [0.3, 0.4) is 0 Å². The van der Waals surface area contributed by atoms with Crippen LogP contribution in [0.15, 0.2) is 12.1 Å². The fourth-order valence-electron chi connectivity index (χ4n) is 4.50. The van der Waals surface area contributed by atoms with Gasteiger partial charge < -0.3 is 38.5 Å². The maximum Gasteiger partial charge on any atom is 0.408 e. The molecule has 5 atom stereocenters. The molecule has 12 nitrogen and oxygen atoms in total. The molecule has 1 heterocycles. The summed E-state index contributed by atoms with van der Waals surface area (Å²) in [7, 11) is 1.47. The summed E-state index contributed by atoms with van der Waals surface area (Å²) in [6, 6.07) is 2.45. The minimum absolute atomic E-state index is 0.0000708. The van der Waals surface area contributed by atoms with Crippen molar-refractivity contribution in [2.75, 3.05) is 13.9 Å². The number of alkyl carbamates (subject to hydrolysis) is 1. The number of carbonyl (C=O) groups excluding carboxylic acids is 4. The lowest BCUT2D eigenvalue weighted by Gasteiger charge is -2.45. The fraction of sp³-hybridized carbons (Fsp3) is 0.600. The Balaban J connectivity index is 2.13. The van der Waals surface area contributed by atoms with E-state index in [1.54, 1.807) is 32.9 Å². The van der Waals surface area contributed by atoms with E-state index in [4.69, 9.17) is 33.2 Å². The number of fused-ring (bicyclic) bond motifs is 1. The largest absolute Gasteiger partial charge is 0.493 e.